The van der Waals surface area contributed by atoms with Crippen molar-refractivity contribution in [1.82, 2.24) is 4.57 Å². The third-order valence-corrected chi connectivity index (χ3v) is 3.26. The summed E-state index contributed by atoms with van der Waals surface area (Å²) < 4.78 is 1.35. The first-order valence-electron chi connectivity index (χ1n) is 4.18. The van der Waals surface area contributed by atoms with Crippen LogP contribution in [0.2, 0.25) is 0 Å². The van der Waals surface area contributed by atoms with Crippen LogP contribution in [0.5, 0.6) is 0 Å². The normalized spacial score (nSPS) is 19.4. The number of carbonyl (C=O) groups is 1. The van der Waals surface area contributed by atoms with Crippen molar-refractivity contribution in [2.24, 2.45) is 0 Å². The van der Waals surface area contributed by atoms with Crippen molar-refractivity contribution in [2.75, 3.05) is 5.75 Å². The number of aryl methyl sites for hydroxylation is 1. The van der Waals surface area contributed by atoms with Crippen molar-refractivity contribution in [1.29, 1.82) is 0 Å². The lowest BCUT2D eigenvalue weighted by atomic mass is 10.2. The van der Waals surface area contributed by atoms with E-state index in [1.54, 1.807) is 0 Å². The fourth-order valence-corrected chi connectivity index (χ4v) is 2.76. The van der Waals surface area contributed by atoms with Crippen molar-refractivity contribution in [3.05, 3.63) is 28.0 Å². The van der Waals surface area contributed by atoms with Crippen LogP contribution >= 0.6 is 11.8 Å². The summed E-state index contributed by atoms with van der Waals surface area (Å²) in [4.78, 5) is 22.4. The molecule has 0 aromatic carbocycles. The topological polar surface area (TPSA) is 59.3 Å². The van der Waals surface area contributed by atoms with Gasteiger partial charge in [-0.25, -0.2) is 4.79 Å². The molecule has 0 radical (unpaired) electrons. The molecule has 0 aliphatic carbocycles. The number of hydrogen-bond donors (Lipinski definition) is 1. The van der Waals surface area contributed by atoms with E-state index in [-0.39, 0.29) is 5.56 Å². The minimum absolute atomic E-state index is 0.225. The Morgan fingerprint density at radius 1 is 1.64 bits per heavy atom. The van der Waals surface area contributed by atoms with Crippen LogP contribution < -0.4 is 5.56 Å². The summed E-state index contributed by atoms with van der Waals surface area (Å²) in [5.41, 5.74) is 0.650. The zero-order chi connectivity index (χ0) is 10.3. The standard InChI is InChI=1S/C9H9NO3S/c1-5-2-7(11)10-6(9(12)13)4-14-8(10)3-5/h2-3,6H,4H2,1H3,(H,12,13). The van der Waals surface area contributed by atoms with Gasteiger partial charge in [0.2, 0.25) is 0 Å². The molecule has 1 aromatic rings. The molecule has 74 valence electrons. The highest BCUT2D eigenvalue weighted by atomic mass is 32.2. The number of aromatic nitrogens is 1. The number of rotatable bonds is 1. The lowest BCUT2D eigenvalue weighted by Gasteiger charge is -2.08. The first kappa shape index (κ1) is 9.33. The highest BCUT2D eigenvalue weighted by molar-refractivity contribution is 7.99. The molecule has 4 nitrogen and oxygen atoms in total. The molecular weight excluding hydrogens is 202 g/mol. The molecule has 1 atom stereocenters. The fourth-order valence-electron chi connectivity index (χ4n) is 1.52. The number of pyridine rings is 1. The summed E-state index contributed by atoms with van der Waals surface area (Å²) in [6.45, 7) is 1.83. The van der Waals surface area contributed by atoms with Gasteiger partial charge in [-0.1, -0.05) is 0 Å². The van der Waals surface area contributed by atoms with Crippen LogP contribution in [0.4, 0.5) is 0 Å². The van der Waals surface area contributed by atoms with Crippen molar-refractivity contribution < 1.29 is 9.90 Å². The molecule has 14 heavy (non-hydrogen) atoms. The van der Waals surface area contributed by atoms with Crippen LogP contribution in [0.1, 0.15) is 11.6 Å². The molecule has 0 amide bonds. The molecule has 0 fully saturated rings. The van der Waals surface area contributed by atoms with E-state index in [9.17, 15) is 9.59 Å². The number of thioether (sulfide) groups is 1. The van der Waals surface area contributed by atoms with Crippen molar-refractivity contribution >= 4 is 17.7 Å². The molecular formula is C9H9NO3S. The SMILES string of the molecule is Cc1cc2n(c(=O)c1)C(C(=O)O)CS2. The maximum Gasteiger partial charge on any atom is 0.327 e. The summed E-state index contributed by atoms with van der Waals surface area (Å²) in [6.07, 6.45) is 0. The third kappa shape index (κ3) is 1.33. The van der Waals surface area contributed by atoms with Gasteiger partial charge in [0.15, 0.2) is 0 Å². The second-order valence-corrected chi connectivity index (χ2v) is 4.28. The highest BCUT2D eigenvalue weighted by Crippen LogP contribution is 2.31. The zero-order valence-corrected chi connectivity index (χ0v) is 8.37. The van der Waals surface area contributed by atoms with E-state index in [0.717, 1.165) is 10.6 Å². The second-order valence-electron chi connectivity index (χ2n) is 3.24. The largest absolute Gasteiger partial charge is 0.480 e. The Kier molecular flexibility index (Phi) is 2.11. The van der Waals surface area contributed by atoms with Gasteiger partial charge in [-0.2, -0.15) is 0 Å². The quantitative estimate of drug-likeness (QED) is 0.749. The van der Waals surface area contributed by atoms with E-state index in [0.29, 0.717) is 5.75 Å². The summed E-state index contributed by atoms with van der Waals surface area (Å²) >= 11 is 1.41. The van der Waals surface area contributed by atoms with Crippen molar-refractivity contribution in [3.63, 3.8) is 0 Å². The maximum atomic E-state index is 11.5. The second kappa shape index (κ2) is 3.16. The predicted molar refractivity (Wildman–Crippen MR) is 52.8 cm³/mol. The third-order valence-electron chi connectivity index (χ3n) is 2.16. The number of hydrogen-bond acceptors (Lipinski definition) is 3. The first-order valence-corrected chi connectivity index (χ1v) is 5.17. The smallest absolute Gasteiger partial charge is 0.327 e. The Labute approximate surface area is 84.6 Å². The minimum Gasteiger partial charge on any atom is -0.480 e. The predicted octanol–water partition coefficient (Wildman–Crippen LogP) is 0.888. The first-order chi connectivity index (χ1) is 6.59. The molecule has 0 saturated carbocycles. The lowest BCUT2D eigenvalue weighted by molar-refractivity contribution is -0.140. The Bertz CT molecular complexity index is 452. The van der Waals surface area contributed by atoms with E-state index >= 15 is 0 Å². The van der Waals surface area contributed by atoms with Crippen molar-refractivity contribution in [3.8, 4) is 0 Å². The van der Waals surface area contributed by atoms with E-state index < -0.39 is 12.0 Å². The molecule has 0 spiro atoms. The maximum absolute atomic E-state index is 11.5. The van der Waals surface area contributed by atoms with Crippen LogP contribution in [0, 0.1) is 6.92 Å². The lowest BCUT2D eigenvalue weighted by Crippen LogP contribution is -2.28. The molecule has 1 N–H and O–H groups in total. The molecule has 2 heterocycles. The Balaban J connectivity index is 2.60. The van der Waals surface area contributed by atoms with E-state index in [2.05, 4.69) is 0 Å². The minimum atomic E-state index is -0.942. The highest BCUT2D eigenvalue weighted by Gasteiger charge is 2.29. The molecule has 1 unspecified atom stereocenters. The van der Waals surface area contributed by atoms with Gasteiger partial charge >= 0.3 is 5.97 Å². The molecule has 0 bridgehead atoms. The molecule has 1 aliphatic rings. The summed E-state index contributed by atoms with van der Waals surface area (Å²) in [5.74, 6) is -0.504. The van der Waals surface area contributed by atoms with Gasteiger partial charge < -0.3 is 5.11 Å². The van der Waals surface area contributed by atoms with Gasteiger partial charge in [-0.05, 0) is 18.6 Å². The molecule has 2 rings (SSSR count). The van der Waals surface area contributed by atoms with Crippen molar-refractivity contribution in [2.45, 2.75) is 18.0 Å². The monoisotopic (exact) mass is 211 g/mol. The van der Waals surface area contributed by atoms with E-state index in [1.807, 2.05) is 13.0 Å². The van der Waals surface area contributed by atoms with Crippen LogP contribution in [0.3, 0.4) is 0 Å². The van der Waals surface area contributed by atoms with Gasteiger partial charge in [0, 0.05) is 11.8 Å². The summed E-state index contributed by atoms with van der Waals surface area (Å²) in [5, 5.41) is 9.63. The molecule has 1 aromatic heterocycles. The summed E-state index contributed by atoms with van der Waals surface area (Å²) in [6, 6.07) is 2.60. The van der Waals surface area contributed by atoms with Crippen LogP contribution in [0.25, 0.3) is 0 Å². The van der Waals surface area contributed by atoms with Crippen LogP contribution in [-0.4, -0.2) is 21.4 Å². The Morgan fingerprint density at radius 2 is 2.36 bits per heavy atom. The number of aliphatic carboxylic acids is 1. The Morgan fingerprint density at radius 3 is 3.00 bits per heavy atom. The zero-order valence-electron chi connectivity index (χ0n) is 7.56. The van der Waals surface area contributed by atoms with Gasteiger partial charge in [-0.3, -0.25) is 9.36 Å². The van der Waals surface area contributed by atoms with Gasteiger partial charge in [0.1, 0.15) is 6.04 Å². The fraction of sp³-hybridized carbons (Fsp3) is 0.333. The number of nitrogens with zero attached hydrogens (tertiary/aromatic N) is 1. The summed E-state index contributed by atoms with van der Waals surface area (Å²) in [7, 11) is 0. The number of fused-ring (bicyclic) bond motifs is 1. The molecule has 1 aliphatic heterocycles. The average Bonchev–Trinajstić information content (AvgIpc) is 2.47. The average molecular weight is 211 g/mol. The van der Waals surface area contributed by atoms with Crippen LogP contribution in [0.15, 0.2) is 22.0 Å². The number of carboxylic acid groups (broad SMARTS) is 1. The van der Waals surface area contributed by atoms with Gasteiger partial charge in [0.05, 0.1) is 5.03 Å². The molecule has 0 saturated heterocycles. The van der Waals surface area contributed by atoms with E-state index in [4.69, 9.17) is 5.11 Å². The molecule has 5 heteroatoms. The van der Waals surface area contributed by atoms with Crippen LogP contribution in [-0.2, 0) is 4.79 Å². The van der Waals surface area contributed by atoms with Gasteiger partial charge in [-0.15, -0.1) is 11.8 Å². The Hall–Kier alpha value is -1.23. The number of carboxylic acids is 1. The van der Waals surface area contributed by atoms with E-state index in [1.165, 1.54) is 22.4 Å². The van der Waals surface area contributed by atoms with Gasteiger partial charge in [0.25, 0.3) is 5.56 Å².